The molecule has 0 aromatic carbocycles. The zero-order valence-corrected chi connectivity index (χ0v) is 26.9. The molecule has 0 aliphatic carbocycles. The number of esters is 8. The van der Waals surface area contributed by atoms with Gasteiger partial charge >= 0.3 is 47.8 Å². The Hall–Kier alpha value is -4.36. The average molecular weight is 679 g/mol. The standard InChI is InChI=1S/C28H38O19/c1-11(29)37-9-19-21(39-13(3)31)23(40-14(4)32)26(43-17(7)35)28(46-19)47-22-20(10-38-12(2)30)45-27(44-18(8)36)25(42-16(6)34)24(22)41-15(5)33/h19-28H,9-10H2,1-8H3/t19?,20?,21-,22-,23?,24?,25?,26?,27-,28-/m0/s1. The lowest BCUT2D eigenvalue weighted by molar-refractivity contribution is -0.357. The molecule has 2 heterocycles. The van der Waals surface area contributed by atoms with E-state index in [9.17, 15) is 38.4 Å². The van der Waals surface area contributed by atoms with Gasteiger partial charge in [-0.2, -0.15) is 0 Å². The first-order chi connectivity index (χ1) is 21.9. The number of carbonyl (C=O) groups excluding carboxylic acids is 8. The van der Waals surface area contributed by atoms with Crippen molar-refractivity contribution in [2.75, 3.05) is 13.2 Å². The highest BCUT2D eigenvalue weighted by Gasteiger charge is 2.58. The zero-order chi connectivity index (χ0) is 35.6. The Morgan fingerprint density at radius 1 is 0.383 bits per heavy atom. The Bertz CT molecular complexity index is 1200. The van der Waals surface area contributed by atoms with Crippen LogP contribution in [-0.2, 0) is 90.5 Å². The molecule has 19 nitrogen and oxygen atoms in total. The second-order valence-corrected chi connectivity index (χ2v) is 10.3. The first-order valence-corrected chi connectivity index (χ1v) is 14.2. The third kappa shape index (κ3) is 12.1. The highest BCUT2D eigenvalue weighted by Crippen LogP contribution is 2.35. The van der Waals surface area contributed by atoms with Crippen LogP contribution in [0.4, 0.5) is 0 Å². The molecule has 10 atom stereocenters. The van der Waals surface area contributed by atoms with Crippen LogP contribution in [0.1, 0.15) is 55.4 Å². The van der Waals surface area contributed by atoms with Crippen LogP contribution in [0.25, 0.3) is 0 Å². The molecule has 264 valence electrons. The van der Waals surface area contributed by atoms with Crippen molar-refractivity contribution in [3.63, 3.8) is 0 Å². The molecular formula is C28H38O19. The molecule has 2 rings (SSSR count). The summed E-state index contributed by atoms with van der Waals surface area (Å²) in [6.45, 7) is 7.05. The number of hydrogen-bond donors (Lipinski definition) is 0. The highest BCUT2D eigenvalue weighted by molar-refractivity contribution is 5.70. The Labute approximate surface area is 268 Å². The molecule has 0 aromatic heterocycles. The van der Waals surface area contributed by atoms with Gasteiger partial charge in [0.05, 0.1) is 0 Å². The largest absolute Gasteiger partial charge is 0.463 e. The topological polar surface area (TPSA) is 238 Å². The lowest BCUT2D eigenvalue weighted by Crippen LogP contribution is -2.67. The van der Waals surface area contributed by atoms with Crippen LogP contribution in [-0.4, -0.2) is 122 Å². The van der Waals surface area contributed by atoms with Gasteiger partial charge in [0, 0.05) is 55.4 Å². The first kappa shape index (κ1) is 38.8. The Balaban J connectivity index is 2.73. The van der Waals surface area contributed by atoms with Crippen LogP contribution in [0, 0.1) is 0 Å². The Kier molecular flexibility index (Phi) is 14.5. The molecule has 47 heavy (non-hydrogen) atoms. The van der Waals surface area contributed by atoms with Crippen LogP contribution >= 0.6 is 0 Å². The SMILES string of the molecule is CC(=O)OCC1O[C@@H](O[C@H]2C(COC(C)=O)O[C@H](OC(C)=O)C(OC(C)=O)C2OC(C)=O)C(OC(C)=O)C(OC(C)=O)[C@H]1OC(C)=O. The fourth-order valence-corrected chi connectivity index (χ4v) is 4.73. The van der Waals surface area contributed by atoms with Gasteiger partial charge in [-0.3, -0.25) is 38.4 Å². The predicted octanol–water partition coefficient (Wildman–Crippen LogP) is -0.831. The van der Waals surface area contributed by atoms with Crippen molar-refractivity contribution < 1.29 is 90.5 Å². The molecule has 0 aromatic rings. The van der Waals surface area contributed by atoms with E-state index in [4.69, 9.17) is 52.1 Å². The van der Waals surface area contributed by atoms with Gasteiger partial charge in [-0.15, -0.1) is 0 Å². The van der Waals surface area contributed by atoms with E-state index in [-0.39, 0.29) is 0 Å². The minimum absolute atomic E-state index is 0.590. The molecule has 0 N–H and O–H groups in total. The fourth-order valence-electron chi connectivity index (χ4n) is 4.73. The average Bonchev–Trinajstić information content (AvgIpc) is 2.91. The van der Waals surface area contributed by atoms with Gasteiger partial charge in [-0.05, 0) is 0 Å². The summed E-state index contributed by atoms with van der Waals surface area (Å²) >= 11 is 0. The molecule has 0 amide bonds. The number of carbonyl (C=O) groups is 8. The molecule has 2 aliphatic rings. The molecule has 6 unspecified atom stereocenters. The Morgan fingerprint density at radius 2 is 0.702 bits per heavy atom. The second kappa shape index (κ2) is 17.5. The third-order valence-electron chi connectivity index (χ3n) is 6.17. The first-order valence-electron chi connectivity index (χ1n) is 14.2. The minimum atomic E-state index is -1.83. The third-order valence-corrected chi connectivity index (χ3v) is 6.17. The van der Waals surface area contributed by atoms with E-state index in [1.165, 1.54) is 0 Å². The number of ether oxygens (including phenoxy) is 11. The summed E-state index contributed by atoms with van der Waals surface area (Å²) in [6, 6.07) is 0. The lowest BCUT2D eigenvalue weighted by atomic mass is 9.96. The lowest BCUT2D eigenvalue weighted by Gasteiger charge is -2.48. The quantitative estimate of drug-likeness (QED) is 0.181. The summed E-state index contributed by atoms with van der Waals surface area (Å²) in [5.74, 6) is -7.02. The number of hydrogen-bond acceptors (Lipinski definition) is 19. The summed E-state index contributed by atoms with van der Waals surface area (Å²) in [5, 5.41) is 0. The molecule has 0 saturated carbocycles. The second-order valence-electron chi connectivity index (χ2n) is 10.3. The van der Waals surface area contributed by atoms with E-state index in [1.54, 1.807) is 0 Å². The van der Waals surface area contributed by atoms with Crippen LogP contribution in [0.15, 0.2) is 0 Å². The van der Waals surface area contributed by atoms with E-state index in [0.717, 1.165) is 55.4 Å². The van der Waals surface area contributed by atoms with Crippen molar-refractivity contribution in [3.8, 4) is 0 Å². The maximum Gasteiger partial charge on any atom is 0.305 e. The molecule has 19 heteroatoms. The van der Waals surface area contributed by atoms with Crippen molar-refractivity contribution in [1.82, 2.24) is 0 Å². The molecule has 2 aliphatic heterocycles. The van der Waals surface area contributed by atoms with Crippen LogP contribution in [0.3, 0.4) is 0 Å². The maximum absolute atomic E-state index is 12.3. The molecule has 2 saturated heterocycles. The zero-order valence-electron chi connectivity index (χ0n) is 26.9. The van der Waals surface area contributed by atoms with Gasteiger partial charge in [0.1, 0.15) is 31.5 Å². The van der Waals surface area contributed by atoms with Crippen molar-refractivity contribution in [1.29, 1.82) is 0 Å². The highest BCUT2D eigenvalue weighted by atomic mass is 16.8. The van der Waals surface area contributed by atoms with Crippen molar-refractivity contribution in [3.05, 3.63) is 0 Å². The van der Waals surface area contributed by atoms with E-state index >= 15 is 0 Å². The summed E-state index contributed by atoms with van der Waals surface area (Å²) in [7, 11) is 0. The summed E-state index contributed by atoms with van der Waals surface area (Å²) in [6.07, 6.45) is -16.3. The van der Waals surface area contributed by atoms with Gasteiger partial charge in [-0.25, -0.2) is 0 Å². The van der Waals surface area contributed by atoms with Gasteiger partial charge < -0.3 is 52.1 Å². The molecule has 2 fully saturated rings. The van der Waals surface area contributed by atoms with E-state index < -0.39 is 122 Å². The monoisotopic (exact) mass is 678 g/mol. The normalized spacial score (nSPS) is 30.0. The van der Waals surface area contributed by atoms with E-state index in [2.05, 4.69) is 0 Å². The van der Waals surface area contributed by atoms with E-state index in [0.29, 0.717) is 0 Å². The van der Waals surface area contributed by atoms with Crippen LogP contribution < -0.4 is 0 Å². The summed E-state index contributed by atoms with van der Waals surface area (Å²) in [5.41, 5.74) is 0. The summed E-state index contributed by atoms with van der Waals surface area (Å²) < 4.78 is 60.2. The minimum Gasteiger partial charge on any atom is -0.463 e. The molecule has 0 bridgehead atoms. The molecule has 0 spiro atoms. The van der Waals surface area contributed by atoms with Crippen molar-refractivity contribution in [2.24, 2.45) is 0 Å². The smallest absolute Gasteiger partial charge is 0.305 e. The maximum atomic E-state index is 12.3. The van der Waals surface area contributed by atoms with Crippen LogP contribution in [0.2, 0.25) is 0 Å². The van der Waals surface area contributed by atoms with Gasteiger partial charge in [-0.1, -0.05) is 0 Å². The van der Waals surface area contributed by atoms with Gasteiger partial charge in [0.2, 0.25) is 12.4 Å². The Morgan fingerprint density at radius 3 is 1.11 bits per heavy atom. The van der Waals surface area contributed by atoms with Crippen molar-refractivity contribution in [2.45, 2.75) is 117 Å². The van der Waals surface area contributed by atoms with Gasteiger partial charge in [0.25, 0.3) is 0 Å². The number of rotatable bonds is 12. The van der Waals surface area contributed by atoms with Crippen LogP contribution in [0.5, 0.6) is 0 Å². The summed E-state index contributed by atoms with van der Waals surface area (Å²) in [4.78, 5) is 96.3. The predicted molar refractivity (Wildman–Crippen MR) is 145 cm³/mol. The molecular weight excluding hydrogens is 640 g/mol. The molecule has 0 radical (unpaired) electrons. The fraction of sp³-hybridized carbons (Fsp3) is 0.714. The van der Waals surface area contributed by atoms with E-state index in [1.807, 2.05) is 0 Å². The van der Waals surface area contributed by atoms with Gasteiger partial charge in [0.15, 0.2) is 30.7 Å². The van der Waals surface area contributed by atoms with Crippen molar-refractivity contribution >= 4 is 47.8 Å².